The van der Waals surface area contributed by atoms with Gasteiger partial charge in [0.1, 0.15) is 4.90 Å². The number of carboxylic acid groups (broad SMARTS) is 1. The minimum atomic E-state index is -3.64. The van der Waals surface area contributed by atoms with Gasteiger partial charge in [0.2, 0.25) is 10.0 Å². The molecule has 0 amide bonds. The molecule has 1 aromatic heterocycles. The monoisotopic (exact) mass is 312 g/mol. The lowest BCUT2D eigenvalue weighted by atomic mass is 9.99. The first-order valence-electron chi connectivity index (χ1n) is 6.58. The molecule has 116 valence electrons. The van der Waals surface area contributed by atoms with Crippen molar-refractivity contribution in [2.45, 2.75) is 25.7 Å². The van der Waals surface area contributed by atoms with Gasteiger partial charge in [-0.15, -0.1) is 0 Å². The average molecular weight is 312 g/mol. The van der Waals surface area contributed by atoms with E-state index < -0.39 is 16.0 Å². The van der Waals surface area contributed by atoms with Crippen LogP contribution in [0.5, 0.6) is 0 Å². The second kappa shape index (κ2) is 7.33. The molecule has 1 rings (SSSR count). The smallest absolute Gasteiger partial charge is 0.328 e. The molecule has 2 N–H and O–H groups in total. The number of nitrogens with one attached hydrogen (secondary N) is 1. The Kier molecular flexibility index (Phi) is 6.04. The third-order valence-electron chi connectivity index (χ3n) is 3.20. The number of aromatic nitrogens is 1. The first-order valence-corrected chi connectivity index (χ1v) is 8.06. The van der Waals surface area contributed by atoms with E-state index in [9.17, 15) is 13.2 Å². The lowest BCUT2D eigenvalue weighted by molar-refractivity contribution is -0.131. The van der Waals surface area contributed by atoms with Gasteiger partial charge in [0, 0.05) is 25.0 Å². The summed E-state index contributed by atoms with van der Waals surface area (Å²) in [6.45, 7) is 6.36. The predicted octanol–water partition coefficient (Wildman–Crippen LogP) is 1.75. The normalized spacial score (nSPS) is 13.7. The van der Waals surface area contributed by atoms with E-state index in [1.54, 1.807) is 0 Å². The number of nitrogens with zero attached hydrogens (tertiary/aromatic N) is 1. The molecule has 1 unspecified atom stereocenters. The Morgan fingerprint density at radius 3 is 2.62 bits per heavy atom. The fourth-order valence-electron chi connectivity index (χ4n) is 1.40. The van der Waals surface area contributed by atoms with Crippen molar-refractivity contribution in [1.29, 1.82) is 0 Å². The van der Waals surface area contributed by atoms with Crippen molar-refractivity contribution in [2.75, 3.05) is 6.54 Å². The Morgan fingerprint density at radius 2 is 2.05 bits per heavy atom. The quantitative estimate of drug-likeness (QED) is 0.748. The van der Waals surface area contributed by atoms with Crippen molar-refractivity contribution in [3.05, 3.63) is 30.1 Å². The van der Waals surface area contributed by atoms with Gasteiger partial charge in [-0.3, -0.25) is 4.98 Å². The molecule has 6 nitrogen and oxygen atoms in total. The van der Waals surface area contributed by atoms with Crippen LogP contribution in [0.3, 0.4) is 0 Å². The summed E-state index contributed by atoms with van der Waals surface area (Å²) in [7, 11) is -3.64. The van der Waals surface area contributed by atoms with Crippen LogP contribution in [0.25, 0.3) is 6.08 Å². The molecule has 0 radical (unpaired) electrons. The van der Waals surface area contributed by atoms with Gasteiger partial charge in [0.25, 0.3) is 0 Å². The Bertz CT molecular complexity index is 624. The van der Waals surface area contributed by atoms with Crippen LogP contribution in [0.4, 0.5) is 0 Å². The predicted molar refractivity (Wildman–Crippen MR) is 80.1 cm³/mol. The molecule has 1 aromatic rings. The van der Waals surface area contributed by atoms with E-state index >= 15 is 0 Å². The van der Waals surface area contributed by atoms with E-state index in [2.05, 4.69) is 9.71 Å². The zero-order valence-electron chi connectivity index (χ0n) is 12.3. The molecule has 0 aliphatic rings. The molecular formula is C14H20N2O4S. The number of carbonyl (C=O) groups is 1. The number of rotatable bonds is 7. The summed E-state index contributed by atoms with van der Waals surface area (Å²) < 4.78 is 26.9. The number of hydrogen-bond acceptors (Lipinski definition) is 4. The zero-order valence-corrected chi connectivity index (χ0v) is 13.1. The first-order chi connectivity index (χ1) is 9.72. The Morgan fingerprint density at radius 1 is 1.38 bits per heavy atom. The van der Waals surface area contributed by atoms with Crippen molar-refractivity contribution in [2.24, 2.45) is 11.8 Å². The van der Waals surface area contributed by atoms with E-state index in [0.29, 0.717) is 18.0 Å². The van der Waals surface area contributed by atoms with Crippen molar-refractivity contribution in [3.63, 3.8) is 0 Å². The van der Waals surface area contributed by atoms with Gasteiger partial charge in [-0.25, -0.2) is 17.9 Å². The van der Waals surface area contributed by atoms with E-state index in [1.807, 2.05) is 20.8 Å². The summed E-state index contributed by atoms with van der Waals surface area (Å²) in [5, 5.41) is 8.56. The van der Waals surface area contributed by atoms with Crippen LogP contribution in [0.15, 0.2) is 29.4 Å². The molecule has 1 atom stereocenters. The van der Waals surface area contributed by atoms with Crippen molar-refractivity contribution >= 4 is 22.1 Å². The van der Waals surface area contributed by atoms with Crippen LogP contribution >= 0.6 is 0 Å². The number of aliphatic carboxylic acids is 1. The van der Waals surface area contributed by atoms with Crippen molar-refractivity contribution in [3.8, 4) is 0 Å². The third kappa shape index (κ3) is 5.65. The van der Waals surface area contributed by atoms with Gasteiger partial charge in [-0.05, 0) is 29.5 Å². The van der Waals surface area contributed by atoms with Gasteiger partial charge in [-0.2, -0.15) is 0 Å². The lowest BCUT2D eigenvalue weighted by Crippen LogP contribution is -2.30. The fraction of sp³-hybridized carbons (Fsp3) is 0.429. The lowest BCUT2D eigenvalue weighted by Gasteiger charge is -2.16. The van der Waals surface area contributed by atoms with Crippen molar-refractivity contribution in [1.82, 2.24) is 9.71 Å². The van der Waals surface area contributed by atoms with E-state index in [1.165, 1.54) is 24.5 Å². The third-order valence-corrected chi connectivity index (χ3v) is 4.59. The zero-order chi connectivity index (χ0) is 16.0. The minimum absolute atomic E-state index is 0.0194. The second-order valence-corrected chi connectivity index (χ2v) is 6.97. The van der Waals surface area contributed by atoms with Gasteiger partial charge in [0.15, 0.2) is 0 Å². The number of carboxylic acids is 1. The van der Waals surface area contributed by atoms with E-state index in [4.69, 9.17) is 5.11 Å². The SMILES string of the molecule is CC(C)C(C)CNS(=O)(=O)c1cncc(C=CC(=O)O)c1. The highest BCUT2D eigenvalue weighted by molar-refractivity contribution is 7.89. The summed E-state index contributed by atoms with van der Waals surface area (Å²) >= 11 is 0. The van der Waals surface area contributed by atoms with Gasteiger partial charge in [0.05, 0.1) is 0 Å². The summed E-state index contributed by atoms with van der Waals surface area (Å²) in [6, 6.07) is 1.38. The standard InChI is InChI=1S/C14H20N2O4S/c1-10(2)11(3)7-16-21(19,20)13-6-12(8-15-9-13)4-5-14(17)18/h4-6,8-11,16H,7H2,1-3H3,(H,17,18). The Hall–Kier alpha value is -1.73. The fourth-order valence-corrected chi connectivity index (χ4v) is 2.54. The highest BCUT2D eigenvalue weighted by Gasteiger charge is 2.17. The molecule has 0 fully saturated rings. The van der Waals surface area contributed by atoms with Crippen LogP contribution in [0.1, 0.15) is 26.3 Å². The topological polar surface area (TPSA) is 96.4 Å². The first kappa shape index (κ1) is 17.3. The highest BCUT2D eigenvalue weighted by atomic mass is 32.2. The van der Waals surface area contributed by atoms with Crippen LogP contribution in [-0.2, 0) is 14.8 Å². The van der Waals surface area contributed by atoms with Gasteiger partial charge >= 0.3 is 5.97 Å². The van der Waals surface area contributed by atoms with E-state index in [-0.39, 0.29) is 10.8 Å². The van der Waals surface area contributed by atoms with Crippen LogP contribution in [0, 0.1) is 11.8 Å². The van der Waals surface area contributed by atoms with Crippen LogP contribution < -0.4 is 4.72 Å². The van der Waals surface area contributed by atoms with Gasteiger partial charge < -0.3 is 5.11 Å². The molecule has 0 saturated carbocycles. The maximum atomic E-state index is 12.2. The van der Waals surface area contributed by atoms with E-state index in [0.717, 1.165) is 6.08 Å². The van der Waals surface area contributed by atoms with Crippen LogP contribution in [0.2, 0.25) is 0 Å². The molecular weight excluding hydrogens is 292 g/mol. The summed E-state index contributed by atoms with van der Waals surface area (Å²) in [4.78, 5) is 14.3. The molecule has 0 spiro atoms. The molecule has 7 heteroatoms. The summed E-state index contributed by atoms with van der Waals surface area (Å²) in [5.41, 5.74) is 0.414. The number of sulfonamides is 1. The molecule has 0 aliphatic heterocycles. The largest absolute Gasteiger partial charge is 0.478 e. The Labute approximate surface area is 125 Å². The molecule has 0 bridgehead atoms. The molecule has 0 aromatic carbocycles. The van der Waals surface area contributed by atoms with Crippen molar-refractivity contribution < 1.29 is 18.3 Å². The number of hydrogen-bond donors (Lipinski definition) is 2. The second-order valence-electron chi connectivity index (χ2n) is 5.20. The molecule has 1 heterocycles. The summed E-state index contributed by atoms with van der Waals surface area (Å²) in [6.07, 6.45) is 4.86. The number of pyridine rings is 1. The molecule has 0 aliphatic carbocycles. The Balaban J connectivity index is 2.88. The highest BCUT2D eigenvalue weighted by Crippen LogP contribution is 2.13. The minimum Gasteiger partial charge on any atom is -0.478 e. The van der Waals surface area contributed by atoms with Gasteiger partial charge in [-0.1, -0.05) is 20.8 Å². The summed E-state index contributed by atoms with van der Waals surface area (Å²) in [5.74, 6) is -0.523. The molecule has 0 saturated heterocycles. The maximum Gasteiger partial charge on any atom is 0.328 e. The molecule has 21 heavy (non-hydrogen) atoms. The maximum absolute atomic E-state index is 12.2. The van der Waals surface area contributed by atoms with Crippen LogP contribution in [-0.4, -0.2) is 31.0 Å². The average Bonchev–Trinajstić information content (AvgIpc) is 2.42.